The lowest BCUT2D eigenvalue weighted by Gasteiger charge is -2.31. The molecule has 1 saturated heterocycles. The van der Waals surface area contributed by atoms with Crippen molar-refractivity contribution < 1.29 is 9.59 Å². The number of carbonyl (C=O) groups is 2. The normalized spacial score (nSPS) is 29.7. The van der Waals surface area contributed by atoms with Crippen molar-refractivity contribution in [3.8, 4) is 0 Å². The fourth-order valence-electron chi connectivity index (χ4n) is 3.87. The van der Waals surface area contributed by atoms with Crippen LogP contribution in [-0.4, -0.2) is 40.7 Å². The van der Waals surface area contributed by atoms with Crippen LogP contribution >= 0.6 is 12.4 Å². The Morgan fingerprint density at radius 1 is 1.29 bits per heavy atom. The van der Waals surface area contributed by atoms with E-state index in [0.717, 1.165) is 37.8 Å². The molecule has 1 aliphatic heterocycles. The summed E-state index contributed by atoms with van der Waals surface area (Å²) in [6.45, 7) is 1.42. The molecule has 24 heavy (non-hydrogen) atoms. The van der Waals surface area contributed by atoms with Crippen LogP contribution in [0.15, 0.2) is 12.4 Å². The summed E-state index contributed by atoms with van der Waals surface area (Å²) in [7, 11) is 1.88. The summed E-state index contributed by atoms with van der Waals surface area (Å²) in [5.74, 6) is -0.529. The summed E-state index contributed by atoms with van der Waals surface area (Å²) in [5, 5.41) is 10.6. The average Bonchev–Trinajstić information content (AvgIpc) is 3.15. The van der Waals surface area contributed by atoms with Crippen LogP contribution in [0.25, 0.3) is 0 Å². The molecule has 0 spiro atoms. The smallest absolute Gasteiger partial charge is 0.225 e. The van der Waals surface area contributed by atoms with Crippen molar-refractivity contribution in [1.29, 1.82) is 0 Å². The minimum atomic E-state index is -0.302. The van der Waals surface area contributed by atoms with Gasteiger partial charge >= 0.3 is 0 Å². The van der Waals surface area contributed by atoms with Gasteiger partial charge in [-0.15, -0.1) is 12.4 Å². The van der Waals surface area contributed by atoms with Crippen LogP contribution in [0.5, 0.6) is 0 Å². The average molecular weight is 356 g/mol. The zero-order valence-electron chi connectivity index (χ0n) is 13.9. The summed E-state index contributed by atoms with van der Waals surface area (Å²) in [5.41, 5.74) is 6.57. The van der Waals surface area contributed by atoms with Gasteiger partial charge in [0, 0.05) is 38.3 Å². The molecule has 7 nitrogen and oxygen atoms in total. The molecule has 0 aromatic carbocycles. The number of primary amides is 1. The Bertz CT molecular complexity index is 591. The number of amides is 2. The molecule has 1 aromatic heterocycles. The van der Waals surface area contributed by atoms with Gasteiger partial charge in [-0.3, -0.25) is 14.3 Å². The highest BCUT2D eigenvalue weighted by Crippen LogP contribution is 2.29. The molecular formula is C16H26ClN5O2. The Balaban J connectivity index is 0.00000208. The van der Waals surface area contributed by atoms with Crippen LogP contribution in [0.3, 0.4) is 0 Å². The zero-order chi connectivity index (χ0) is 16.4. The second kappa shape index (κ2) is 7.98. The van der Waals surface area contributed by atoms with Gasteiger partial charge in [-0.25, -0.2) is 0 Å². The first-order valence-corrected chi connectivity index (χ1v) is 8.35. The third-order valence-corrected chi connectivity index (χ3v) is 5.16. The van der Waals surface area contributed by atoms with E-state index in [1.165, 1.54) is 0 Å². The molecule has 2 aliphatic rings. The Morgan fingerprint density at radius 3 is 2.71 bits per heavy atom. The molecule has 3 rings (SSSR count). The Labute approximate surface area is 148 Å². The summed E-state index contributed by atoms with van der Waals surface area (Å²) in [6, 6.07) is -0.121. The number of rotatable bonds is 4. The number of hydrogen-bond donors (Lipinski definition) is 3. The minimum absolute atomic E-state index is 0. The first kappa shape index (κ1) is 18.7. The molecule has 2 fully saturated rings. The molecule has 0 radical (unpaired) electrons. The van der Waals surface area contributed by atoms with Crippen LogP contribution in [0.2, 0.25) is 0 Å². The van der Waals surface area contributed by atoms with Gasteiger partial charge in [-0.2, -0.15) is 5.10 Å². The standard InChI is InChI=1S/C16H25N5O2.ClH/c1-21-9-10(6-19-21)12-7-18-8-13(12)16(23)20-14-5-3-2-4-11(14)15(17)22;/h6,9,11-14,18H,2-5,7-8H2,1H3,(H2,17,22)(H,20,23);1H/t11?,12-,13+,14?;/m1./s1. The number of nitrogens with one attached hydrogen (secondary N) is 2. The molecule has 1 aromatic rings. The van der Waals surface area contributed by atoms with E-state index in [2.05, 4.69) is 15.7 Å². The SMILES string of the molecule is Cl.Cn1cc([C@H]2CNC[C@@H]2C(=O)NC2CCCCC2C(N)=O)cn1. The Morgan fingerprint density at radius 2 is 2.04 bits per heavy atom. The van der Waals surface area contributed by atoms with Crippen molar-refractivity contribution in [2.75, 3.05) is 13.1 Å². The van der Waals surface area contributed by atoms with Gasteiger partial charge in [0.1, 0.15) is 0 Å². The van der Waals surface area contributed by atoms with E-state index in [-0.39, 0.29) is 48.0 Å². The maximum Gasteiger partial charge on any atom is 0.225 e. The van der Waals surface area contributed by atoms with E-state index in [9.17, 15) is 9.59 Å². The lowest BCUT2D eigenvalue weighted by Crippen LogP contribution is -2.49. The number of nitrogens with zero attached hydrogens (tertiary/aromatic N) is 2. The summed E-state index contributed by atoms with van der Waals surface area (Å²) in [4.78, 5) is 24.3. The van der Waals surface area contributed by atoms with E-state index in [4.69, 9.17) is 5.73 Å². The predicted octanol–water partition coefficient (Wildman–Crippen LogP) is 0.305. The number of nitrogens with two attached hydrogens (primary N) is 1. The largest absolute Gasteiger partial charge is 0.369 e. The van der Waals surface area contributed by atoms with Gasteiger partial charge in [0.15, 0.2) is 0 Å². The quantitative estimate of drug-likeness (QED) is 0.723. The summed E-state index contributed by atoms with van der Waals surface area (Å²) < 4.78 is 1.76. The molecule has 2 heterocycles. The van der Waals surface area contributed by atoms with Crippen LogP contribution in [0, 0.1) is 11.8 Å². The molecule has 2 unspecified atom stereocenters. The van der Waals surface area contributed by atoms with E-state index in [1.54, 1.807) is 4.68 Å². The van der Waals surface area contributed by atoms with Crippen LogP contribution in [-0.2, 0) is 16.6 Å². The maximum absolute atomic E-state index is 12.7. The van der Waals surface area contributed by atoms with Crippen molar-refractivity contribution in [2.24, 2.45) is 24.6 Å². The van der Waals surface area contributed by atoms with Crippen molar-refractivity contribution in [2.45, 2.75) is 37.6 Å². The molecule has 1 saturated carbocycles. The number of aryl methyl sites for hydroxylation is 1. The number of halogens is 1. The van der Waals surface area contributed by atoms with Gasteiger partial charge in [0.2, 0.25) is 11.8 Å². The number of aromatic nitrogens is 2. The molecule has 134 valence electrons. The van der Waals surface area contributed by atoms with Gasteiger partial charge in [-0.05, 0) is 18.4 Å². The molecule has 2 amide bonds. The van der Waals surface area contributed by atoms with E-state index in [1.807, 2.05) is 19.4 Å². The second-order valence-corrected chi connectivity index (χ2v) is 6.73. The van der Waals surface area contributed by atoms with Gasteiger partial charge in [0.05, 0.1) is 18.0 Å². The van der Waals surface area contributed by atoms with Crippen molar-refractivity contribution in [3.63, 3.8) is 0 Å². The highest BCUT2D eigenvalue weighted by molar-refractivity contribution is 5.85. The van der Waals surface area contributed by atoms with Crippen molar-refractivity contribution in [3.05, 3.63) is 18.0 Å². The zero-order valence-corrected chi connectivity index (χ0v) is 14.7. The lowest BCUT2D eigenvalue weighted by atomic mass is 9.83. The molecule has 1 aliphatic carbocycles. The molecule has 8 heteroatoms. The Kier molecular flexibility index (Phi) is 6.23. The third kappa shape index (κ3) is 3.89. The summed E-state index contributed by atoms with van der Waals surface area (Å²) in [6.07, 6.45) is 7.43. The predicted molar refractivity (Wildman–Crippen MR) is 92.6 cm³/mol. The number of hydrogen-bond acceptors (Lipinski definition) is 4. The van der Waals surface area contributed by atoms with Crippen LogP contribution < -0.4 is 16.4 Å². The van der Waals surface area contributed by atoms with Crippen molar-refractivity contribution in [1.82, 2.24) is 20.4 Å². The maximum atomic E-state index is 12.7. The highest BCUT2D eigenvalue weighted by atomic mass is 35.5. The molecular weight excluding hydrogens is 330 g/mol. The lowest BCUT2D eigenvalue weighted by molar-refractivity contribution is -0.128. The summed E-state index contributed by atoms with van der Waals surface area (Å²) >= 11 is 0. The first-order chi connectivity index (χ1) is 11.1. The second-order valence-electron chi connectivity index (χ2n) is 6.73. The monoisotopic (exact) mass is 355 g/mol. The van der Waals surface area contributed by atoms with Gasteiger partial charge in [-0.1, -0.05) is 12.8 Å². The van der Waals surface area contributed by atoms with Gasteiger partial charge in [0.25, 0.3) is 0 Å². The van der Waals surface area contributed by atoms with Crippen LogP contribution in [0.4, 0.5) is 0 Å². The molecule has 4 N–H and O–H groups in total. The van der Waals surface area contributed by atoms with Gasteiger partial charge < -0.3 is 16.4 Å². The first-order valence-electron chi connectivity index (χ1n) is 8.35. The van der Waals surface area contributed by atoms with Crippen LogP contribution in [0.1, 0.15) is 37.2 Å². The molecule has 4 atom stereocenters. The topological polar surface area (TPSA) is 102 Å². The highest BCUT2D eigenvalue weighted by Gasteiger charge is 2.37. The van der Waals surface area contributed by atoms with E-state index in [0.29, 0.717) is 6.54 Å². The fraction of sp³-hybridized carbons (Fsp3) is 0.688. The Hall–Kier alpha value is -1.60. The number of carbonyl (C=O) groups excluding carboxylic acids is 2. The van der Waals surface area contributed by atoms with E-state index < -0.39 is 0 Å². The molecule has 0 bridgehead atoms. The minimum Gasteiger partial charge on any atom is -0.369 e. The van der Waals surface area contributed by atoms with Crippen molar-refractivity contribution >= 4 is 24.2 Å². The van der Waals surface area contributed by atoms with E-state index >= 15 is 0 Å². The third-order valence-electron chi connectivity index (χ3n) is 5.16. The fourth-order valence-corrected chi connectivity index (χ4v) is 3.87.